The Kier molecular flexibility index (Phi) is 4.77. The summed E-state index contributed by atoms with van der Waals surface area (Å²) in [6.07, 6.45) is 3.41. The van der Waals surface area contributed by atoms with Gasteiger partial charge in [0.2, 0.25) is 11.8 Å². The van der Waals surface area contributed by atoms with Crippen molar-refractivity contribution in [3.8, 4) is 0 Å². The summed E-state index contributed by atoms with van der Waals surface area (Å²) in [5.41, 5.74) is 0. The highest BCUT2D eigenvalue weighted by molar-refractivity contribution is 5.78. The van der Waals surface area contributed by atoms with Crippen LogP contribution in [0, 0.1) is 0 Å². The molecule has 0 bridgehead atoms. The first-order valence-corrected chi connectivity index (χ1v) is 6.11. The highest BCUT2D eigenvalue weighted by Gasteiger charge is 2.26. The van der Waals surface area contributed by atoms with Crippen LogP contribution < -0.4 is 5.32 Å². The number of hydrogen-bond acceptors (Lipinski definition) is 2. The summed E-state index contributed by atoms with van der Waals surface area (Å²) in [5.74, 6) is 0.261. The fourth-order valence-corrected chi connectivity index (χ4v) is 2.29. The third kappa shape index (κ3) is 3.51. The maximum atomic E-state index is 11.5. The lowest BCUT2D eigenvalue weighted by Crippen LogP contribution is -2.41. The van der Waals surface area contributed by atoms with Gasteiger partial charge in [-0.1, -0.05) is 6.92 Å². The Morgan fingerprint density at radius 1 is 1.56 bits per heavy atom. The van der Waals surface area contributed by atoms with E-state index in [1.165, 1.54) is 6.92 Å². The van der Waals surface area contributed by atoms with Crippen LogP contribution in [0.5, 0.6) is 0 Å². The van der Waals surface area contributed by atoms with Gasteiger partial charge in [-0.05, 0) is 26.2 Å². The van der Waals surface area contributed by atoms with Gasteiger partial charge in [0.25, 0.3) is 0 Å². The molecule has 1 aliphatic heterocycles. The zero-order chi connectivity index (χ0) is 12.1. The van der Waals surface area contributed by atoms with Gasteiger partial charge in [-0.3, -0.25) is 9.59 Å². The molecule has 2 unspecified atom stereocenters. The number of carbonyl (C=O) groups is 2. The van der Waals surface area contributed by atoms with E-state index in [9.17, 15) is 9.59 Å². The zero-order valence-corrected chi connectivity index (χ0v) is 10.5. The Morgan fingerprint density at radius 2 is 2.25 bits per heavy atom. The van der Waals surface area contributed by atoms with E-state index < -0.39 is 0 Å². The van der Waals surface area contributed by atoms with Gasteiger partial charge in [0.05, 0.1) is 0 Å². The molecule has 1 rings (SSSR count). The van der Waals surface area contributed by atoms with E-state index in [1.54, 1.807) is 0 Å². The first kappa shape index (κ1) is 13.0. The molecule has 4 heteroatoms. The summed E-state index contributed by atoms with van der Waals surface area (Å²) < 4.78 is 0. The molecule has 92 valence electrons. The minimum absolute atomic E-state index is 0.00629. The Morgan fingerprint density at radius 3 is 2.69 bits per heavy atom. The quantitative estimate of drug-likeness (QED) is 0.768. The minimum Gasteiger partial charge on any atom is -0.354 e. The highest BCUT2D eigenvalue weighted by atomic mass is 16.2. The standard InChI is InChI=1S/C12H22N2O2/c1-4-11(13-10(3)15)8-9(2)14-7-5-6-12(14)16/h9,11H,4-8H2,1-3H3,(H,13,15). The average molecular weight is 226 g/mol. The molecule has 0 aliphatic carbocycles. The van der Waals surface area contributed by atoms with Gasteiger partial charge < -0.3 is 10.2 Å². The lowest BCUT2D eigenvalue weighted by atomic mass is 10.0. The van der Waals surface area contributed by atoms with Gasteiger partial charge in [-0.25, -0.2) is 0 Å². The molecule has 16 heavy (non-hydrogen) atoms. The number of hydrogen-bond donors (Lipinski definition) is 1. The number of carbonyl (C=O) groups excluding carboxylic acids is 2. The molecule has 4 nitrogen and oxygen atoms in total. The van der Waals surface area contributed by atoms with Gasteiger partial charge in [0.1, 0.15) is 0 Å². The largest absolute Gasteiger partial charge is 0.354 e. The van der Waals surface area contributed by atoms with E-state index >= 15 is 0 Å². The van der Waals surface area contributed by atoms with Crippen LogP contribution in [-0.4, -0.2) is 35.3 Å². The third-order valence-corrected chi connectivity index (χ3v) is 3.17. The monoisotopic (exact) mass is 226 g/mol. The van der Waals surface area contributed by atoms with Crippen molar-refractivity contribution in [1.29, 1.82) is 0 Å². The van der Waals surface area contributed by atoms with Crippen molar-refractivity contribution >= 4 is 11.8 Å². The van der Waals surface area contributed by atoms with E-state index in [0.717, 1.165) is 25.8 Å². The van der Waals surface area contributed by atoms with Crippen molar-refractivity contribution < 1.29 is 9.59 Å². The summed E-state index contributed by atoms with van der Waals surface area (Å²) in [6, 6.07) is 0.410. The number of rotatable bonds is 5. The second kappa shape index (κ2) is 5.87. The first-order valence-electron chi connectivity index (χ1n) is 6.11. The predicted octanol–water partition coefficient (Wildman–Crippen LogP) is 1.30. The second-order valence-electron chi connectivity index (χ2n) is 4.58. The van der Waals surface area contributed by atoms with Crippen LogP contribution in [0.25, 0.3) is 0 Å². The lowest BCUT2D eigenvalue weighted by molar-refractivity contribution is -0.129. The molecule has 0 aromatic heterocycles. The minimum atomic E-state index is 0.00629. The second-order valence-corrected chi connectivity index (χ2v) is 4.58. The van der Waals surface area contributed by atoms with Crippen LogP contribution in [0.2, 0.25) is 0 Å². The molecule has 1 aliphatic rings. The van der Waals surface area contributed by atoms with E-state index in [-0.39, 0.29) is 23.9 Å². The maximum absolute atomic E-state index is 11.5. The normalized spacial score (nSPS) is 19.7. The van der Waals surface area contributed by atoms with Crippen molar-refractivity contribution in [3.05, 3.63) is 0 Å². The Balaban J connectivity index is 2.44. The molecule has 2 atom stereocenters. The number of nitrogens with zero attached hydrogens (tertiary/aromatic N) is 1. The van der Waals surface area contributed by atoms with Crippen LogP contribution in [0.15, 0.2) is 0 Å². The van der Waals surface area contributed by atoms with Gasteiger partial charge >= 0.3 is 0 Å². The fourth-order valence-electron chi connectivity index (χ4n) is 2.29. The molecule has 0 aromatic carbocycles. The summed E-state index contributed by atoms with van der Waals surface area (Å²) >= 11 is 0. The molecule has 1 fully saturated rings. The maximum Gasteiger partial charge on any atom is 0.222 e. The van der Waals surface area contributed by atoms with E-state index in [4.69, 9.17) is 0 Å². The van der Waals surface area contributed by atoms with Crippen molar-refractivity contribution in [2.24, 2.45) is 0 Å². The van der Waals surface area contributed by atoms with Gasteiger partial charge in [0, 0.05) is 32.0 Å². The highest BCUT2D eigenvalue weighted by Crippen LogP contribution is 2.17. The van der Waals surface area contributed by atoms with Crippen LogP contribution in [0.1, 0.15) is 46.5 Å². The van der Waals surface area contributed by atoms with E-state index in [2.05, 4.69) is 19.2 Å². The fraction of sp³-hybridized carbons (Fsp3) is 0.833. The Hall–Kier alpha value is -1.06. The topological polar surface area (TPSA) is 49.4 Å². The van der Waals surface area contributed by atoms with E-state index in [0.29, 0.717) is 6.42 Å². The van der Waals surface area contributed by atoms with Crippen molar-refractivity contribution in [3.63, 3.8) is 0 Å². The Bertz CT molecular complexity index is 266. The smallest absolute Gasteiger partial charge is 0.222 e. The van der Waals surface area contributed by atoms with Gasteiger partial charge in [-0.15, -0.1) is 0 Å². The number of amides is 2. The van der Waals surface area contributed by atoms with Crippen LogP contribution >= 0.6 is 0 Å². The molecule has 0 saturated carbocycles. The SMILES string of the molecule is CCC(CC(C)N1CCCC1=O)NC(C)=O. The summed E-state index contributed by atoms with van der Waals surface area (Å²) in [4.78, 5) is 24.5. The third-order valence-electron chi connectivity index (χ3n) is 3.17. The van der Waals surface area contributed by atoms with Crippen molar-refractivity contribution in [1.82, 2.24) is 10.2 Å². The zero-order valence-electron chi connectivity index (χ0n) is 10.5. The molecule has 0 radical (unpaired) electrons. The van der Waals surface area contributed by atoms with E-state index in [1.807, 2.05) is 4.90 Å². The summed E-state index contributed by atoms with van der Waals surface area (Å²) in [6.45, 7) is 6.53. The Labute approximate surface area is 97.4 Å². The molecular weight excluding hydrogens is 204 g/mol. The van der Waals surface area contributed by atoms with Crippen molar-refractivity contribution in [2.45, 2.75) is 58.5 Å². The van der Waals surface area contributed by atoms with Crippen LogP contribution in [-0.2, 0) is 9.59 Å². The first-order chi connectivity index (χ1) is 7.54. The van der Waals surface area contributed by atoms with Gasteiger partial charge in [0.15, 0.2) is 0 Å². The molecule has 1 saturated heterocycles. The van der Waals surface area contributed by atoms with Crippen LogP contribution in [0.4, 0.5) is 0 Å². The average Bonchev–Trinajstić information content (AvgIpc) is 2.62. The van der Waals surface area contributed by atoms with Crippen LogP contribution in [0.3, 0.4) is 0 Å². The number of likely N-dealkylation sites (tertiary alicyclic amines) is 1. The molecule has 0 spiro atoms. The molecule has 1 N–H and O–H groups in total. The van der Waals surface area contributed by atoms with Gasteiger partial charge in [-0.2, -0.15) is 0 Å². The molecular formula is C12H22N2O2. The number of nitrogens with one attached hydrogen (secondary N) is 1. The summed E-state index contributed by atoms with van der Waals surface area (Å²) in [5, 5.41) is 2.92. The molecule has 0 aromatic rings. The summed E-state index contributed by atoms with van der Waals surface area (Å²) in [7, 11) is 0. The lowest BCUT2D eigenvalue weighted by Gasteiger charge is -2.28. The predicted molar refractivity (Wildman–Crippen MR) is 62.9 cm³/mol. The van der Waals surface area contributed by atoms with Crippen molar-refractivity contribution in [2.75, 3.05) is 6.54 Å². The molecule has 2 amide bonds. The molecule has 1 heterocycles.